The molecule has 2 heteroatoms. The van der Waals surface area contributed by atoms with Gasteiger partial charge in [-0.25, -0.2) is 0 Å². The van der Waals surface area contributed by atoms with Crippen LogP contribution in [-0.4, -0.2) is 6.26 Å². The quantitative estimate of drug-likeness (QED) is 0.388. The van der Waals surface area contributed by atoms with Gasteiger partial charge in [0.05, 0.1) is 0 Å². The fourth-order valence-corrected chi connectivity index (χ4v) is 0. The first kappa shape index (κ1) is 4.09. The predicted octanol–water partition coefficient (Wildman–Crippen LogP) is 0.697. The Bertz CT molecular complexity index is 35.8. The molecule has 0 heterocycles. The number of rotatable bonds is 0. The zero-order valence-electron chi connectivity index (χ0n) is 2.32. The normalized spacial score (nSPS) is 5.00. The van der Waals surface area contributed by atoms with Crippen molar-refractivity contribution in [3.63, 3.8) is 0 Å². The third kappa shape index (κ3) is 2.09. The molecule has 0 aliphatic heterocycles. The molecule has 0 saturated carbocycles. The van der Waals surface area contributed by atoms with E-state index in [4.69, 9.17) is 4.65 Å². The molecule has 0 aromatic heterocycles. The summed E-state index contributed by atoms with van der Waals surface area (Å²) in [7, 11) is 0. The third-order valence-electron chi connectivity index (χ3n) is 0.0833. The van der Waals surface area contributed by atoms with Crippen molar-refractivity contribution in [1.29, 1.82) is 0 Å². The van der Waals surface area contributed by atoms with Crippen molar-refractivity contribution in [2.24, 2.45) is 0 Å². The molecule has 0 rings (SSSR count). The Kier molecular flexibility index (Phi) is 3.16. The molecule has 0 aliphatic rings. The molecular formula is C2H3OS+. The van der Waals surface area contributed by atoms with Gasteiger partial charge >= 0.3 is 28.1 Å². The third-order valence-corrected chi connectivity index (χ3v) is 0.250. The van der Waals surface area contributed by atoms with Crippen LogP contribution in [0.4, 0.5) is 0 Å². The molecule has 0 amide bonds. The van der Waals surface area contributed by atoms with Crippen LogP contribution in [0.5, 0.6) is 0 Å². The summed E-state index contributed by atoms with van der Waals surface area (Å²) in [6, 6.07) is 0. The summed E-state index contributed by atoms with van der Waals surface area (Å²) >= 11 is 1.05. The molecule has 4 heavy (non-hydrogen) atoms. The summed E-state index contributed by atoms with van der Waals surface area (Å²) in [5, 5.41) is 0. The summed E-state index contributed by atoms with van der Waals surface area (Å²) < 4.78 is 9.01. The molecule has 0 atom stereocenters. The van der Waals surface area contributed by atoms with Gasteiger partial charge in [-0.1, -0.05) is 0 Å². The van der Waals surface area contributed by atoms with E-state index in [-0.39, 0.29) is 0 Å². The summed E-state index contributed by atoms with van der Waals surface area (Å²) in [6.45, 7) is 0. The van der Waals surface area contributed by atoms with Crippen LogP contribution in [0.2, 0.25) is 0 Å². The minimum atomic E-state index is 1.05. The Morgan fingerprint density at radius 3 is 2.25 bits per heavy atom. The summed E-state index contributed by atoms with van der Waals surface area (Å²) in [6.07, 6.45) is 1.67. The second-order valence-electron chi connectivity index (χ2n) is 0.287. The van der Waals surface area contributed by atoms with Crippen LogP contribution < -0.4 is 0 Å². The Morgan fingerprint density at radius 2 is 2.25 bits per heavy atom. The molecule has 1 nitrogen and oxygen atoms in total. The fourth-order valence-electron chi connectivity index (χ4n) is 0. The van der Waals surface area contributed by atoms with Gasteiger partial charge in [-0.05, 0) is 0 Å². The summed E-state index contributed by atoms with van der Waals surface area (Å²) in [4.78, 5) is 0. The van der Waals surface area contributed by atoms with Gasteiger partial charge in [0.15, 0.2) is 0 Å². The van der Waals surface area contributed by atoms with Gasteiger partial charge in [0.2, 0.25) is 0 Å². The van der Waals surface area contributed by atoms with Crippen LogP contribution in [0.15, 0.2) is 0 Å². The molecule has 0 saturated heterocycles. The van der Waals surface area contributed by atoms with Gasteiger partial charge in [-0.15, -0.1) is 0 Å². The van der Waals surface area contributed by atoms with E-state index in [1.807, 2.05) is 0 Å². The average molecular weight is 75.1 g/mol. The van der Waals surface area contributed by atoms with E-state index < -0.39 is 0 Å². The molecule has 0 aliphatic carbocycles. The van der Waals surface area contributed by atoms with Crippen LogP contribution in [0, 0.1) is 5.48 Å². The SMILES string of the molecule is CSC#[O+]. The van der Waals surface area contributed by atoms with Gasteiger partial charge in [-0.2, -0.15) is 0 Å². The van der Waals surface area contributed by atoms with Gasteiger partial charge < -0.3 is 0 Å². The first-order valence-corrected chi connectivity index (χ1v) is 2.04. The van der Waals surface area contributed by atoms with Gasteiger partial charge in [0, 0.05) is 0 Å². The predicted molar refractivity (Wildman–Crippen MR) is 18.1 cm³/mol. The van der Waals surface area contributed by atoms with Gasteiger partial charge in [-0.3, -0.25) is 0 Å². The van der Waals surface area contributed by atoms with Crippen LogP contribution in [0.25, 0.3) is 0 Å². The van der Waals surface area contributed by atoms with E-state index in [2.05, 4.69) is 0 Å². The summed E-state index contributed by atoms with van der Waals surface area (Å²) in [5.41, 5.74) is 1.60. The average Bonchev–Trinajstić information content (AvgIpc) is 1.37. The zero-order valence-corrected chi connectivity index (χ0v) is 3.13. The van der Waals surface area contributed by atoms with E-state index in [0.29, 0.717) is 0 Å². The van der Waals surface area contributed by atoms with Crippen molar-refractivity contribution in [1.82, 2.24) is 0 Å². The van der Waals surface area contributed by atoms with E-state index >= 15 is 0 Å². The second-order valence-corrected chi connectivity index (χ2v) is 0.862. The van der Waals surface area contributed by atoms with Crippen molar-refractivity contribution in [2.45, 2.75) is 0 Å². The van der Waals surface area contributed by atoms with Crippen molar-refractivity contribution < 1.29 is 4.65 Å². The minimum absolute atomic E-state index is 1.05. The second kappa shape index (κ2) is 3.09. The molecule has 0 N–H and O–H groups in total. The molecular weight excluding hydrogens is 72.1 g/mol. The van der Waals surface area contributed by atoms with Gasteiger partial charge in [0.25, 0.3) is 0 Å². The van der Waals surface area contributed by atoms with Crippen LogP contribution >= 0.6 is 11.8 Å². The molecule has 0 bridgehead atoms. The van der Waals surface area contributed by atoms with Crippen LogP contribution in [0.1, 0.15) is 0 Å². The number of hydrogen-bond acceptors (Lipinski definition) is 1. The van der Waals surface area contributed by atoms with E-state index in [1.54, 1.807) is 11.7 Å². The van der Waals surface area contributed by atoms with Crippen LogP contribution in [0.3, 0.4) is 0 Å². The topological polar surface area (TPSA) is 19.9 Å². The Balaban J connectivity index is 2.43. The van der Waals surface area contributed by atoms with Crippen molar-refractivity contribution in [3.05, 3.63) is 0 Å². The Labute approximate surface area is 29.1 Å². The van der Waals surface area contributed by atoms with Gasteiger partial charge in [0.1, 0.15) is 0 Å². The van der Waals surface area contributed by atoms with E-state index in [1.165, 1.54) is 0 Å². The Morgan fingerprint density at radius 1 is 2.00 bits per heavy atom. The molecule has 0 spiro atoms. The standard InChI is InChI=1S/C2H3OS/c1-4-2-3/h1H3/q+1. The number of thioether (sulfide) groups is 1. The molecule has 22 valence electrons. The fraction of sp³-hybridized carbons (Fsp3) is 0.500. The Hall–Kier alpha value is 0.0900. The molecule has 0 fully saturated rings. The molecule has 0 radical (unpaired) electrons. The molecule has 0 aromatic rings. The van der Waals surface area contributed by atoms with E-state index in [0.717, 1.165) is 11.8 Å². The summed E-state index contributed by atoms with van der Waals surface area (Å²) in [5.74, 6) is 0. The number of hydrogen-bond donors (Lipinski definition) is 0. The monoisotopic (exact) mass is 75.0 g/mol. The molecule has 0 aromatic carbocycles. The maximum absolute atomic E-state index is 9.01. The molecule has 0 unspecified atom stereocenters. The zero-order chi connectivity index (χ0) is 3.41. The van der Waals surface area contributed by atoms with Crippen molar-refractivity contribution in [3.8, 4) is 5.48 Å². The first-order chi connectivity index (χ1) is 1.91. The van der Waals surface area contributed by atoms with Crippen molar-refractivity contribution >= 4 is 11.8 Å². The first-order valence-electron chi connectivity index (χ1n) is 0.816. The van der Waals surface area contributed by atoms with E-state index in [9.17, 15) is 0 Å². The van der Waals surface area contributed by atoms with Crippen molar-refractivity contribution in [2.75, 3.05) is 6.26 Å². The maximum atomic E-state index is 9.01. The van der Waals surface area contributed by atoms with Crippen LogP contribution in [-0.2, 0) is 4.65 Å².